The molecule has 0 radical (unpaired) electrons. The Labute approximate surface area is 82.4 Å². The van der Waals surface area contributed by atoms with E-state index in [1.807, 2.05) is 0 Å². The summed E-state index contributed by atoms with van der Waals surface area (Å²) in [6.07, 6.45) is -9.56. The van der Waals surface area contributed by atoms with Gasteiger partial charge in [0, 0.05) is 12.5 Å². The average molecular weight is 236 g/mol. The van der Waals surface area contributed by atoms with E-state index in [-0.39, 0.29) is 19.4 Å². The van der Waals surface area contributed by atoms with Gasteiger partial charge in [0.25, 0.3) is 12.1 Å². The smallest absolute Gasteiger partial charge is 0.381 e. The largest absolute Gasteiger partial charge is 0.425 e. The van der Waals surface area contributed by atoms with E-state index in [1.54, 1.807) is 0 Å². The van der Waals surface area contributed by atoms with Crippen molar-refractivity contribution < 1.29 is 31.1 Å². The first kappa shape index (κ1) is 12.6. The van der Waals surface area contributed by atoms with Gasteiger partial charge in [-0.3, -0.25) is 0 Å². The van der Waals surface area contributed by atoms with Crippen molar-refractivity contribution in [2.75, 3.05) is 13.2 Å². The minimum atomic E-state index is -5.53. The van der Waals surface area contributed by atoms with Gasteiger partial charge in [0.15, 0.2) is 0 Å². The predicted octanol–water partition coefficient (Wildman–Crippen LogP) is 2.95. The number of ether oxygens (including phenoxy) is 1. The molecule has 0 N–H and O–H groups in total. The highest BCUT2D eigenvalue weighted by Gasteiger charge is 2.60. The summed E-state index contributed by atoms with van der Waals surface area (Å²) in [4.78, 5) is 0. The zero-order valence-corrected chi connectivity index (χ0v) is 7.66. The Balaban J connectivity index is 2.71. The van der Waals surface area contributed by atoms with Gasteiger partial charge in [-0.2, -0.15) is 13.2 Å². The number of halogens is 6. The van der Waals surface area contributed by atoms with Gasteiger partial charge in [0.05, 0.1) is 6.61 Å². The topological polar surface area (TPSA) is 9.23 Å². The van der Waals surface area contributed by atoms with E-state index in [9.17, 15) is 26.3 Å². The second kappa shape index (κ2) is 4.19. The van der Waals surface area contributed by atoms with Gasteiger partial charge >= 0.3 is 6.18 Å². The molecule has 90 valence electrons. The van der Waals surface area contributed by atoms with Crippen LogP contribution in [0.1, 0.15) is 12.8 Å². The van der Waals surface area contributed by atoms with Crippen molar-refractivity contribution in [1.82, 2.24) is 0 Å². The summed E-state index contributed by atoms with van der Waals surface area (Å²) in [6, 6.07) is 0. The summed E-state index contributed by atoms with van der Waals surface area (Å²) >= 11 is 0. The van der Waals surface area contributed by atoms with Crippen LogP contribution in [-0.4, -0.2) is 31.5 Å². The molecule has 0 spiro atoms. The lowest BCUT2D eigenvalue weighted by atomic mass is 9.91. The lowest BCUT2D eigenvalue weighted by molar-refractivity contribution is -0.265. The molecule has 0 saturated carbocycles. The van der Waals surface area contributed by atoms with Crippen molar-refractivity contribution in [3.63, 3.8) is 0 Å². The van der Waals surface area contributed by atoms with Crippen LogP contribution in [0, 0.1) is 5.92 Å². The Bertz CT molecular complexity index is 208. The monoisotopic (exact) mass is 236 g/mol. The highest BCUT2D eigenvalue weighted by Crippen LogP contribution is 2.42. The van der Waals surface area contributed by atoms with Gasteiger partial charge in [-0.15, -0.1) is 0 Å². The second-order valence-electron chi connectivity index (χ2n) is 3.49. The molecule has 0 aromatic heterocycles. The van der Waals surface area contributed by atoms with Crippen LogP contribution in [0.5, 0.6) is 0 Å². The third-order valence-electron chi connectivity index (χ3n) is 2.33. The maximum absolute atomic E-state index is 13.0. The van der Waals surface area contributed by atoms with E-state index in [0.717, 1.165) is 0 Å². The van der Waals surface area contributed by atoms with Crippen molar-refractivity contribution in [3.05, 3.63) is 0 Å². The number of hydrogen-bond acceptors (Lipinski definition) is 1. The molecular formula is C8H10F6O. The molecule has 1 heterocycles. The lowest BCUT2D eigenvalue weighted by Gasteiger charge is -2.32. The molecule has 2 unspecified atom stereocenters. The Morgan fingerprint density at radius 2 is 1.73 bits per heavy atom. The van der Waals surface area contributed by atoms with Crippen LogP contribution >= 0.6 is 0 Å². The van der Waals surface area contributed by atoms with Crippen LogP contribution in [0.3, 0.4) is 0 Å². The maximum Gasteiger partial charge on any atom is 0.425 e. The van der Waals surface area contributed by atoms with E-state index < -0.39 is 30.8 Å². The first-order chi connectivity index (χ1) is 6.76. The number of alkyl halides is 6. The van der Waals surface area contributed by atoms with Crippen LogP contribution in [0.4, 0.5) is 26.3 Å². The normalized spacial score (nSPS) is 26.4. The third-order valence-corrected chi connectivity index (χ3v) is 2.33. The van der Waals surface area contributed by atoms with E-state index in [0.29, 0.717) is 0 Å². The fourth-order valence-corrected chi connectivity index (χ4v) is 1.47. The summed E-state index contributed by atoms with van der Waals surface area (Å²) < 4.78 is 78.6. The van der Waals surface area contributed by atoms with Crippen molar-refractivity contribution in [3.8, 4) is 0 Å². The summed E-state index contributed by atoms with van der Waals surface area (Å²) in [7, 11) is 0. The fourth-order valence-electron chi connectivity index (χ4n) is 1.47. The summed E-state index contributed by atoms with van der Waals surface area (Å²) in [5.41, 5.74) is 0. The molecule has 1 aliphatic heterocycles. The second-order valence-corrected chi connectivity index (χ2v) is 3.49. The zero-order chi connectivity index (χ0) is 11.7. The minimum absolute atomic E-state index is 0.149. The van der Waals surface area contributed by atoms with Crippen LogP contribution in [0.15, 0.2) is 0 Å². The molecule has 0 aliphatic carbocycles. The molecule has 1 rings (SSSR count). The number of rotatable bonds is 2. The highest BCUT2D eigenvalue weighted by atomic mass is 19.4. The standard InChI is InChI=1S/C8H10F6O/c9-6(8(12,13)14)7(10,11)5-2-1-3-15-4-5/h5-6H,1-4H2. The third kappa shape index (κ3) is 2.76. The van der Waals surface area contributed by atoms with Gasteiger partial charge in [-0.25, -0.2) is 13.2 Å². The molecule has 0 amide bonds. The van der Waals surface area contributed by atoms with Crippen LogP contribution in [0.25, 0.3) is 0 Å². The van der Waals surface area contributed by atoms with E-state index >= 15 is 0 Å². The molecule has 0 aromatic rings. The van der Waals surface area contributed by atoms with Gasteiger partial charge in [0.2, 0.25) is 0 Å². The fraction of sp³-hybridized carbons (Fsp3) is 1.00. The van der Waals surface area contributed by atoms with E-state index in [1.165, 1.54) is 0 Å². The molecule has 1 saturated heterocycles. The number of hydrogen-bond donors (Lipinski definition) is 0. The maximum atomic E-state index is 13.0. The first-order valence-corrected chi connectivity index (χ1v) is 4.42. The van der Waals surface area contributed by atoms with Crippen molar-refractivity contribution >= 4 is 0 Å². The molecule has 7 heteroatoms. The lowest BCUT2D eigenvalue weighted by Crippen LogP contribution is -2.49. The van der Waals surface area contributed by atoms with Gasteiger partial charge in [0.1, 0.15) is 0 Å². The van der Waals surface area contributed by atoms with Crippen molar-refractivity contribution in [1.29, 1.82) is 0 Å². The molecule has 1 nitrogen and oxygen atoms in total. The molecule has 1 aliphatic rings. The van der Waals surface area contributed by atoms with Crippen LogP contribution < -0.4 is 0 Å². The van der Waals surface area contributed by atoms with Crippen molar-refractivity contribution in [2.45, 2.75) is 31.1 Å². The summed E-state index contributed by atoms with van der Waals surface area (Å²) in [5.74, 6) is -6.10. The molecule has 15 heavy (non-hydrogen) atoms. The van der Waals surface area contributed by atoms with Crippen LogP contribution in [-0.2, 0) is 4.74 Å². The predicted molar refractivity (Wildman–Crippen MR) is 39.4 cm³/mol. The van der Waals surface area contributed by atoms with Gasteiger partial charge < -0.3 is 4.74 Å². The SMILES string of the molecule is FC(C(F)(F)F)C(F)(F)C1CCCOC1. The van der Waals surface area contributed by atoms with E-state index in [2.05, 4.69) is 4.74 Å². The summed E-state index contributed by atoms with van der Waals surface area (Å²) in [5, 5.41) is 0. The first-order valence-electron chi connectivity index (χ1n) is 4.42. The molecule has 2 atom stereocenters. The Hall–Kier alpha value is -0.460. The highest BCUT2D eigenvalue weighted by molar-refractivity contribution is 4.89. The Morgan fingerprint density at radius 3 is 2.13 bits per heavy atom. The zero-order valence-electron chi connectivity index (χ0n) is 7.66. The molecule has 0 bridgehead atoms. The van der Waals surface area contributed by atoms with E-state index in [4.69, 9.17) is 0 Å². The Kier molecular flexibility index (Phi) is 3.52. The average Bonchev–Trinajstić information content (AvgIpc) is 2.16. The van der Waals surface area contributed by atoms with Crippen LogP contribution in [0.2, 0.25) is 0 Å². The van der Waals surface area contributed by atoms with Gasteiger partial charge in [-0.1, -0.05) is 0 Å². The molecule has 0 aromatic carbocycles. The van der Waals surface area contributed by atoms with Crippen molar-refractivity contribution in [2.24, 2.45) is 5.92 Å². The molecule has 1 fully saturated rings. The minimum Gasteiger partial charge on any atom is -0.381 e. The quantitative estimate of drug-likeness (QED) is 0.670. The Morgan fingerprint density at radius 1 is 1.13 bits per heavy atom. The summed E-state index contributed by atoms with van der Waals surface area (Å²) in [6.45, 7) is -0.293. The van der Waals surface area contributed by atoms with Gasteiger partial charge in [-0.05, 0) is 12.8 Å². The molecular weight excluding hydrogens is 226 g/mol.